The average molecular weight is 443 g/mol. The first kappa shape index (κ1) is 22.4. The highest BCUT2D eigenvalue weighted by Gasteiger charge is 2.43. The van der Waals surface area contributed by atoms with E-state index in [0.717, 1.165) is 11.8 Å². The predicted molar refractivity (Wildman–Crippen MR) is 112 cm³/mol. The van der Waals surface area contributed by atoms with Gasteiger partial charge in [0.2, 0.25) is 0 Å². The van der Waals surface area contributed by atoms with Crippen LogP contribution in [0, 0.1) is 6.92 Å². The van der Waals surface area contributed by atoms with Gasteiger partial charge in [-0.1, -0.05) is 42.0 Å². The molecule has 162 valence electrons. The van der Waals surface area contributed by atoms with Crippen LogP contribution in [0.25, 0.3) is 0 Å². The van der Waals surface area contributed by atoms with Crippen LogP contribution in [0.3, 0.4) is 0 Å². The number of rotatable bonds is 8. The predicted octanol–water partition coefficient (Wildman–Crippen LogP) is 1.82. The number of benzene rings is 2. The van der Waals surface area contributed by atoms with E-state index in [0.29, 0.717) is 10.5 Å². The molecule has 2 aromatic carbocycles. The van der Waals surface area contributed by atoms with Gasteiger partial charge in [-0.2, -0.15) is 0 Å². The summed E-state index contributed by atoms with van der Waals surface area (Å²) in [6.07, 6.45) is 0.653. The summed E-state index contributed by atoms with van der Waals surface area (Å²) in [7, 11) is -3.49. The first-order chi connectivity index (χ1) is 14.6. The maximum atomic E-state index is 12.8. The third-order valence-electron chi connectivity index (χ3n) is 4.89. The fraction of sp³-hybridized carbons (Fsp3) is 0.273. The molecule has 0 unspecified atom stereocenters. The number of esters is 1. The minimum Gasteiger partial charge on any atom is -0.456 e. The summed E-state index contributed by atoms with van der Waals surface area (Å²) in [5, 5.41) is 0. The molecule has 0 radical (unpaired) electrons. The lowest BCUT2D eigenvalue weighted by Gasteiger charge is -2.24. The van der Waals surface area contributed by atoms with Crippen molar-refractivity contribution in [1.29, 1.82) is 0 Å². The highest BCUT2D eigenvalue weighted by atomic mass is 32.2. The summed E-state index contributed by atoms with van der Waals surface area (Å²) < 4.78 is 28.4. The fourth-order valence-corrected chi connectivity index (χ4v) is 3.88. The zero-order valence-electron chi connectivity index (χ0n) is 17.0. The molecule has 0 aliphatic carbocycles. The Morgan fingerprint density at radius 2 is 1.52 bits per heavy atom. The van der Waals surface area contributed by atoms with Crippen molar-refractivity contribution in [3.8, 4) is 0 Å². The number of carbonyl (C=O) groups is 4. The number of aryl methyl sites for hydroxylation is 1. The highest BCUT2D eigenvalue weighted by molar-refractivity contribution is 7.90. The summed E-state index contributed by atoms with van der Waals surface area (Å²) in [6.45, 7) is 1.27. The summed E-state index contributed by atoms with van der Waals surface area (Å²) in [5.41, 5.74) is 1.55. The van der Waals surface area contributed by atoms with E-state index in [1.807, 2.05) is 6.92 Å². The summed E-state index contributed by atoms with van der Waals surface area (Å²) in [5.74, 6) is -3.33. The minimum atomic E-state index is -3.49. The van der Waals surface area contributed by atoms with Crippen molar-refractivity contribution in [2.45, 2.75) is 19.4 Å². The SMILES string of the molecule is Cc1ccc(C(=O)COC(=O)[C@@H](CCS(C)(=O)=O)N2C(=O)c3ccccc3C2=O)cc1. The topological polar surface area (TPSA) is 115 Å². The van der Waals surface area contributed by atoms with Crippen molar-refractivity contribution in [1.82, 2.24) is 4.90 Å². The van der Waals surface area contributed by atoms with Crippen LogP contribution in [0.15, 0.2) is 48.5 Å². The first-order valence-corrected chi connectivity index (χ1v) is 11.6. The molecule has 31 heavy (non-hydrogen) atoms. The molecule has 9 heteroatoms. The van der Waals surface area contributed by atoms with E-state index in [-0.39, 0.29) is 17.5 Å². The van der Waals surface area contributed by atoms with Gasteiger partial charge < -0.3 is 4.74 Å². The van der Waals surface area contributed by atoms with Crippen molar-refractivity contribution in [3.63, 3.8) is 0 Å². The normalized spacial score (nSPS) is 14.3. The van der Waals surface area contributed by atoms with Gasteiger partial charge in [0.1, 0.15) is 15.9 Å². The molecule has 0 fully saturated rings. The number of fused-ring (bicyclic) bond motifs is 1. The standard InChI is InChI=1S/C22H21NO7S/c1-14-7-9-15(10-8-14)19(24)13-30-22(27)18(11-12-31(2,28)29)23-20(25)16-5-3-4-6-17(16)21(23)26/h3-10,18H,11-13H2,1-2H3/t18-/m1/s1. The van der Waals surface area contributed by atoms with Gasteiger partial charge in [-0.25, -0.2) is 13.2 Å². The van der Waals surface area contributed by atoms with E-state index in [2.05, 4.69) is 0 Å². The third-order valence-corrected chi connectivity index (χ3v) is 5.87. The lowest BCUT2D eigenvalue weighted by molar-refractivity contribution is -0.147. The molecular weight excluding hydrogens is 422 g/mol. The number of hydrogen-bond donors (Lipinski definition) is 0. The van der Waals surface area contributed by atoms with E-state index in [1.165, 1.54) is 12.1 Å². The number of amides is 2. The minimum absolute atomic E-state index is 0.125. The van der Waals surface area contributed by atoms with Crippen molar-refractivity contribution < 1.29 is 32.3 Å². The number of carbonyl (C=O) groups excluding carboxylic acids is 4. The maximum Gasteiger partial charge on any atom is 0.329 e. The maximum absolute atomic E-state index is 12.8. The summed E-state index contributed by atoms with van der Waals surface area (Å²) in [6, 6.07) is 11.3. The number of hydrogen-bond acceptors (Lipinski definition) is 7. The van der Waals surface area contributed by atoms with Crippen LogP contribution < -0.4 is 0 Å². The molecule has 8 nitrogen and oxygen atoms in total. The Bertz CT molecular complexity index is 1120. The van der Waals surface area contributed by atoms with Crippen LogP contribution in [0.4, 0.5) is 0 Å². The molecule has 2 aromatic rings. The van der Waals surface area contributed by atoms with Crippen molar-refractivity contribution in [3.05, 3.63) is 70.8 Å². The van der Waals surface area contributed by atoms with Crippen molar-refractivity contribution >= 4 is 33.4 Å². The van der Waals surface area contributed by atoms with Crippen LogP contribution in [-0.4, -0.2) is 61.5 Å². The second kappa shape index (κ2) is 8.81. The first-order valence-electron chi connectivity index (χ1n) is 9.49. The monoisotopic (exact) mass is 443 g/mol. The Hall–Kier alpha value is -3.33. The van der Waals surface area contributed by atoms with Gasteiger partial charge in [0.15, 0.2) is 12.4 Å². The summed E-state index contributed by atoms with van der Waals surface area (Å²) in [4.78, 5) is 51.3. The molecule has 1 heterocycles. The van der Waals surface area contributed by atoms with E-state index < -0.39 is 51.8 Å². The molecule has 0 spiro atoms. The van der Waals surface area contributed by atoms with Gasteiger partial charge >= 0.3 is 5.97 Å². The Morgan fingerprint density at radius 1 is 0.968 bits per heavy atom. The summed E-state index contributed by atoms with van der Waals surface area (Å²) >= 11 is 0. The highest BCUT2D eigenvalue weighted by Crippen LogP contribution is 2.26. The molecule has 3 rings (SSSR count). The average Bonchev–Trinajstić information content (AvgIpc) is 2.97. The molecule has 0 saturated carbocycles. The van der Waals surface area contributed by atoms with Crippen LogP contribution in [0.1, 0.15) is 43.1 Å². The Kier molecular flexibility index (Phi) is 6.35. The molecule has 1 atom stereocenters. The van der Waals surface area contributed by atoms with Crippen LogP contribution in [0.2, 0.25) is 0 Å². The Balaban J connectivity index is 1.79. The zero-order chi connectivity index (χ0) is 22.8. The third kappa shape index (κ3) is 5.05. The number of imide groups is 1. The molecule has 2 amide bonds. The Morgan fingerprint density at radius 3 is 2.03 bits per heavy atom. The lowest BCUT2D eigenvalue weighted by Crippen LogP contribution is -2.46. The molecule has 1 aliphatic rings. The Labute approximate surface area is 179 Å². The van der Waals surface area contributed by atoms with Gasteiger partial charge in [0, 0.05) is 11.8 Å². The number of sulfone groups is 1. The fourth-order valence-electron chi connectivity index (χ4n) is 3.22. The van der Waals surface area contributed by atoms with E-state index in [4.69, 9.17) is 4.74 Å². The molecule has 0 N–H and O–H groups in total. The van der Waals surface area contributed by atoms with Crippen LogP contribution in [0.5, 0.6) is 0 Å². The van der Waals surface area contributed by atoms with Gasteiger partial charge in [0.05, 0.1) is 16.9 Å². The molecular formula is C22H21NO7S. The van der Waals surface area contributed by atoms with E-state index in [9.17, 15) is 27.6 Å². The number of nitrogens with zero attached hydrogens (tertiary/aromatic N) is 1. The van der Waals surface area contributed by atoms with Gasteiger partial charge in [-0.3, -0.25) is 19.3 Å². The molecule has 0 bridgehead atoms. The van der Waals surface area contributed by atoms with E-state index >= 15 is 0 Å². The van der Waals surface area contributed by atoms with Gasteiger partial charge in [0.25, 0.3) is 11.8 Å². The number of ketones is 1. The van der Waals surface area contributed by atoms with Crippen LogP contribution in [-0.2, 0) is 19.4 Å². The van der Waals surface area contributed by atoms with Crippen LogP contribution >= 0.6 is 0 Å². The number of ether oxygens (including phenoxy) is 1. The largest absolute Gasteiger partial charge is 0.456 e. The lowest BCUT2D eigenvalue weighted by atomic mass is 10.1. The smallest absolute Gasteiger partial charge is 0.329 e. The second-order valence-corrected chi connectivity index (χ2v) is 9.62. The van der Waals surface area contributed by atoms with Gasteiger partial charge in [-0.05, 0) is 25.5 Å². The van der Waals surface area contributed by atoms with Crippen molar-refractivity contribution in [2.24, 2.45) is 0 Å². The molecule has 1 aliphatic heterocycles. The van der Waals surface area contributed by atoms with Crippen molar-refractivity contribution in [2.75, 3.05) is 18.6 Å². The molecule has 0 aromatic heterocycles. The second-order valence-electron chi connectivity index (χ2n) is 7.36. The van der Waals surface area contributed by atoms with Gasteiger partial charge in [-0.15, -0.1) is 0 Å². The molecule has 0 saturated heterocycles. The quantitative estimate of drug-likeness (QED) is 0.347. The zero-order valence-corrected chi connectivity index (χ0v) is 17.8. The number of Topliss-reactive ketones (excluding diaryl/α,β-unsaturated/α-hetero) is 1. The van der Waals surface area contributed by atoms with E-state index in [1.54, 1.807) is 36.4 Å².